The zero-order chi connectivity index (χ0) is 22.2. The van der Waals surface area contributed by atoms with Crippen LogP contribution in [0.5, 0.6) is 17.2 Å². The van der Waals surface area contributed by atoms with E-state index in [0.717, 1.165) is 9.79 Å². The Labute approximate surface area is 182 Å². The molecule has 156 valence electrons. The third-order valence-corrected chi connectivity index (χ3v) is 6.47. The minimum Gasteiger partial charge on any atom is -0.872 e. The second-order valence-corrected chi connectivity index (χ2v) is 8.43. The molecule has 4 aromatic rings. The molecule has 0 unspecified atom stereocenters. The van der Waals surface area contributed by atoms with Gasteiger partial charge in [-0.05, 0) is 66.7 Å². The summed E-state index contributed by atoms with van der Waals surface area (Å²) >= 11 is 0. The summed E-state index contributed by atoms with van der Waals surface area (Å²) < 4.78 is 0. The Hall–Kier alpha value is -3.90. The molecule has 31 heavy (non-hydrogen) atoms. The third-order valence-electron chi connectivity index (χ3n) is 4.24. The highest BCUT2D eigenvalue weighted by Gasteiger charge is 2.28. The fourth-order valence-electron chi connectivity index (χ4n) is 2.77. The number of hydrogen-bond donors (Lipinski definition) is 3. The maximum absolute atomic E-state index is 10.7. The molecule has 0 heterocycles. The van der Waals surface area contributed by atoms with Crippen molar-refractivity contribution in [2.24, 2.45) is 0 Å². The van der Waals surface area contributed by atoms with E-state index in [4.69, 9.17) is 5.11 Å². The van der Waals surface area contributed by atoms with Crippen LogP contribution in [0.15, 0.2) is 118 Å². The molecule has 6 heteroatoms. The van der Waals surface area contributed by atoms with Gasteiger partial charge in [0, 0.05) is 0 Å². The lowest BCUT2D eigenvalue weighted by molar-refractivity contribution is -0.268. The second-order valence-electron chi connectivity index (χ2n) is 6.41. The lowest BCUT2D eigenvalue weighted by Crippen LogP contribution is -2.04. The van der Waals surface area contributed by atoms with Crippen LogP contribution in [0.3, 0.4) is 0 Å². The highest BCUT2D eigenvalue weighted by molar-refractivity contribution is 7.97. The van der Waals surface area contributed by atoms with Crippen LogP contribution < -0.4 is 5.11 Å². The first kappa shape index (κ1) is 21.8. The zero-order valence-corrected chi connectivity index (χ0v) is 17.2. The SMILES string of the molecule is O=C(O)c1ccccc1[O-].Oc1ccc([S+](c2ccccc2)c2ccc(O)cc2)cc1. The molecule has 0 aliphatic carbocycles. The minimum atomic E-state index is -1.18. The summed E-state index contributed by atoms with van der Waals surface area (Å²) in [6, 6.07) is 30.4. The molecule has 3 N–H and O–H groups in total. The number of rotatable bonds is 4. The first-order chi connectivity index (χ1) is 15.0. The van der Waals surface area contributed by atoms with E-state index in [2.05, 4.69) is 12.1 Å². The fourth-order valence-corrected chi connectivity index (χ4v) is 4.83. The van der Waals surface area contributed by atoms with Crippen LogP contribution in [-0.4, -0.2) is 21.3 Å². The normalized spacial score (nSPS) is 10.2. The maximum Gasteiger partial charge on any atom is 0.335 e. The van der Waals surface area contributed by atoms with Gasteiger partial charge in [0.2, 0.25) is 0 Å². The maximum atomic E-state index is 10.7. The number of carboxylic acid groups (broad SMARTS) is 1. The van der Waals surface area contributed by atoms with Gasteiger partial charge in [0.25, 0.3) is 0 Å². The number of aromatic carboxylic acids is 1. The lowest BCUT2D eigenvalue weighted by Gasteiger charge is -2.08. The lowest BCUT2D eigenvalue weighted by atomic mass is 10.2. The van der Waals surface area contributed by atoms with Crippen molar-refractivity contribution in [3.8, 4) is 17.2 Å². The summed E-state index contributed by atoms with van der Waals surface area (Å²) in [5.74, 6) is -1.09. The minimum absolute atomic E-state index is 0.178. The molecule has 0 saturated carbocycles. The van der Waals surface area contributed by atoms with Crippen LogP contribution in [0.1, 0.15) is 10.4 Å². The zero-order valence-electron chi connectivity index (χ0n) is 16.4. The van der Waals surface area contributed by atoms with Gasteiger partial charge in [0.1, 0.15) is 11.5 Å². The van der Waals surface area contributed by atoms with E-state index in [-0.39, 0.29) is 28.0 Å². The van der Waals surface area contributed by atoms with Crippen molar-refractivity contribution in [1.82, 2.24) is 0 Å². The number of benzene rings is 4. The molecule has 0 amide bonds. The fraction of sp³-hybridized carbons (Fsp3) is 0. The Balaban J connectivity index is 0.000000229. The highest BCUT2D eigenvalue weighted by atomic mass is 32.2. The average molecular weight is 432 g/mol. The van der Waals surface area contributed by atoms with Crippen molar-refractivity contribution in [1.29, 1.82) is 0 Å². The van der Waals surface area contributed by atoms with Gasteiger partial charge in [-0.1, -0.05) is 42.1 Å². The molecule has 4 aromatic carbocycles. The van der Waals surface area contributed by atoms with E-state index >= 15 is 0 Å². The summed E-state index contributed by atoms with van der Waals surface area (Å²) in [5.41, 5.74) is -0.178. The molecule has 0 saturated heterocycles. The third kappa shape index (κ3) is 5.81. The second kappa shape index (κ2) is 10.2. The Kier molecular flexibility index (Phi) is 7.19. The monoisotopic (exact) mass is 432 g/mol. The summed E-state index contributed by atoms with van der Waals surface area (Å²) in [6.07, 6.45) is 0. The van der Waals surface area contributed by atoms with Gasteiger partial charge in [-0.2, -0.15) is 0 Å². The van der Waals surface area contributed by atoms with E-state index in [0.29, 0.717) is 0 Å². The number of para-hydroxylation sites is 1. The van der Waals surface area contributed by atoms with Crippen molar-refractivity contribution < 1.29 is 25.2 Å². The molecule has 0 aromatic heterocycles. The van der Waals surface area contributed by atoms with E-state index < -0.39 is 11.7 Å². The van der Waals surface area contributed by atoms with Crippen LogP contribution in [-0.2, 0) is 10.9 Å². The Bertz CT molecular complexity index is 1080. The van der Waals surface area contributed by atoms with E-state index in [1.165, 1.54) is 29.2 Å². The first-order valence-electron chi connectivity index (χ1n) is 9.32. The van der Waals surface area contributed by atoms with Crippen molar-refractivity contribution in [3.05, 3.63) is 109 Å². The smallest absolute Gasteiger partial charge is 0.335 e. The standard InChI is InChI=1S/C18H14O2S.C7H6O3/c19-14-6-10-17(11-7-14)21(16-4-2-1-3-5-16)18-12-8-15(20)9-13-18;8-6-4-2-1-3-5(6)7(9)10/h1-13H,(H-,19,20);1-4,8H,(H,9,10). The summed E-state index contributed by atoms with van der Waals surface area (Å²) in [6.45, 7) is 0. The van der Waals surface area contributed by atoms with E-state index in [9.17, 15) is 20.1 Å². The molecule has 0 atom stereocenters. The molecule has 0 aliphatic heterocycles. The van der Waals surface area contributed by atoms with Gasteiger partial charge >= 0.3 is 5.97 Å². The molecule has 0 fully saturated rings. The van der Waals surface area contributed by atoms with Crippen LogP contribution in [0.25, 0.3) is 0 Å². The van der Waals surface area contributed by atoms with Gasteiger partial charge in [0.05, 0.1) is 16.5 Å². The summed E-state index contributed by atoms with van der Waals surface area (Å²) in [4.78, 5) is 13.7. The molecular weight excluding hydrogens is 412 g/mol. The van der Waals surface area contributed by atoms with Crippen LogP contribution in [0.4, 0.5) is 0 Å². The van der Waals surface area contributed by atoms with Crippen LogP contribution in [0, 0.1) is 0 Å². The molecule has 0 aliphatic rings. The van der Waals surface area contributed by atoms with Crippen molar-refractivity contribution in [2.45, 2.75) is 14.7 Å². The van der Waals surface area contributed by atoms with Crippen molar-refractivity contribution >= 4 is 16.9 Å². The van der Waals surface area contributed by atoms with Crippen molar-refractivity contribution in [3.63, 3.8) is 0 Å². The van der Waals surface area contributed by atoms with Crippen LogP contribution in [0.2, 0.25) is 0 Å². The van der Waals surface area contributed by atoms with Gasteiger partial charge in [0.15, 0.2) is 14.7 Å². The van der Waals surface area contributed by atoms with E-state index in [1.54, 1.807) is 24.3 Å². The summed E-state index contributed by atoms with van der Waals surface area (Å²) in [7, 11) is -0.253. The molecule has 4 rings (SSSR count). The molecule has 0 radical (unpaired) electrons. The predicted octanol–water partition coefficient (Wildman–Crippen LogP) is 4.65. The Morgan fingerprint density at radius 2 is 1.03 bits per heavy atom. The predicted molar refractivity (Wildman–Crippen MR) is 118 cm³/mol. The molecular formula is C25H20O5S. The molecule has 5 nitrogen and oxygen atoms in total. The van der Waals surface area contributed by atoms with Crippen molar-refractivity contribution in [2.75, 3.05) is 0 Å². The van der Waals surface area contributed by atoms with Gasteiger partial charge < -0.3 is 20.4 Å². The average Bonchev–Trinajstić information content (AvgIpc) is 2.78. The Morgan fingerprint density at radius 3 is 1.45 bits per heavy atom. The van der Waals surface area contributed by atoms with Gasteiger partial charge in [-0.15, -0.1) is 0 Å². The quantitative estimate of drug-likeness (QED) is 0.408. The van der Waals surface area contributed by atoms with Crippen LogP contribution >= 0.6 is 0 Å². The van der Waals surface area contributed by atoms with E-state index in [1.807, 2.05) is 42.5 Å². The number of aromatic hydroxyl groups is 2. The largest absolute Gasteiger partial charge is 0.872 e. The number of hydrogen-bond acceptors (Lipinski definition) is 4. The number of carboxylic acids is 1. The van der Waals surface area contributed by atoms with Gasteiger partial charge in [-0.25, -0.2) is 4.79 Å². The topological polar surface area (TPSA) is 101 Å². The summed E-state index contributed by atoms with van der Waals surface area (Å²) in [5, 5.41) is 38.0. The highest BCUT2D eigenvalue weighted by Crippen LogP contribution is 2.32. The molecule has 0 spiro atoms. The molecule has 0 bridgehead atoms. The first-order valence-corrected chi connectivity index (χ1v) is 10.5. The Morgan fingerprint density at radius 1 is 0.613 bits per heavy atom. The number of phenols is 2. The number of carbonyl (C=O) groups is 1. The van der Waals surface area contributed by atoms with Gasteiger partial charge in [-0.3, -0.25) is 0 Å². The number of phenolic OH excluding ortho intramolecular Hbond substituents is 2.